The number of aromatic nitrogens is 1. The Balaban J connectivity index is 1.58. The monoisotopic (exact) mass is 383 g/mol. The van der Waals surface area contributed by atoms with Gasteiger partial charge in [0.2, 0.25) is 5.91 Å². The van der Waals surface area contributed by atoms with Crippen LogP contribution in [0.5, 0.6) is 0 Å². The van der Waals surface area contributed by atoms with Crippen LogP contribution in [0.2, 0.25) is 0 Å². The Morgan fingerprint density at radius 1 is 1.07 bits per heavy atom. The standard InChI is InChI=1S/C21H25N3O4/c1-22-18-7-3-2-6-16(18)17(13-19(22)25)21(27)24-8-4-5-15(14-24)20(26)23-9-11-28-12-10-23/h2-3,6-7,13,15H,4-5,8-12,14H2,1H3. The molecule has 4 rings (SSSR count). The minimum Gasteiger partial charge on any atom is -0.378 e. The molecule has 2 fully saturated rings. The number of hydrogen-bond donors (Lipinski definition) is 0. The summed E-state index contributed by atoms with van der Waals surface area (Å²) in [5.74, 6) is -0.253. The van der Waals surface area contributed by atoms with Crippen molar-refractivity contribution in [1.29, 1.82) is 0 Å². The number of aryl methyl sites for hydroxylation is 1. The third-order valence-corrected chi connectivity index (χ3v) is 5.76. The third kappa shape index (κ3) is 3.42. The van der Waals surface area contributed by atoms with Gasteiger partial charge < -0.3 is 19.1 Å². The van der Waals surface area contributed by atoms with Crippen LogP contribution in [0, 0.1) is 5.92 Å². The molecule has 7 heteroatoms. The molecular weight excluding hydrogens is 358 g/mol. The molecule has 3 heterocycles. The van der Waals surface area contributed by atoms with Crippen LogP contribution in [0.4, 0.5) is 0 Å². The zero-order valence-corrected chi connectivity index (χ0v) is 16.1. The highest BCUT2D eigenvalue weighted by atomic mass is 16.5. The number of ether oxygens (including phenoxy) is 1. The third-order valence-electron chi connectivity index (χ3n) is 5.76. The highest BCUT2D eigenvalue weighted by molar-refractivity contribution is 6.06. The molecule has 1 unspecified atom stereocenters. The minimum atomic E-state index is -0.208. The van der Waals surface area contributed by atoms with Crippen molar-refractivity contribution in [3.8, 4) is 0 Å². The summed E-state index contributed by atoms with van der Waals surface area (Å²) >= 11 is 0. The quantitative estimate of drug-likeness (QED) is 0.783. The van der Waals surface area contributed by atoms with Gasteiger partial charge in [0.1, 0.15) is 0 Å². The van der Waals surface area contributed by atoms with Gasteiger partial charge in [-0.25, -0.2) is 0 Å². The molecule has 7 nitrogen and oxygen atoms in total. The van der Waals surface area contributed by atoms with Gasteiger partial charge in [-0.05, 0) is 18.9 Å². The van der Waals surface area contributed by atoms with Crippen molar-refractivity contribution < 1.29 is 14.3 Å². The fourth-order valence-corrected chi connectivity index (χ4v) is 4.16. The number of hydrogen-bond acceptors (Lipinski definition) is 4. The van der Waals surface area contributed by atoms with Gasteiger partial charge in [-0.1, -0.05) is 18.2 Å². The summed E-state index contributed by atoms with van der Waals surface area (Å²) in [7, 11) is 1.71. The van der Waals surface area contributed by atoms with E-state index in [-0.39, 0.29) is 23.3 Å². The normalized spacial score (nSPS) is 20.4. The van der Waals surface area contributed by atoms with Gasteiger partial charge in [0.05, 0.1) is 30.2 Å². The van der Waals surface area contributed by atoms with Crippen LogP contribution in [0.25, 0.3) is 10.9 Å². The Labute approximate surface area is 163 Å². The fraction of sp³-hybridized carbons (Fsp3) is 0.476. The number of amides is 2. The maximum atomic E-state index is 13.3. The van der Waals surface area contributed by atoms with Gasteiger partial charge in [0, 0.05) is 44.7 Å². The van der Waals surface area contributed by atoms with Crippen molar-refractivity contribution in [1.82, 2.24) is 14.4 Å². The van der Waals surface area contributed by atoms with Gasteiger partial charge in [0.15, 0.2) is 0 Å². The first-order valence-corrected chi connectivity index (χ1v) is 9.81. The highest BCUT2D eigenvalue weighted by Gasteiger charge is 2.32. The summed E-state index contributed by atoms with van der Waals surface area (Å²) in [5, 5.41) is 0.760. The summed E-state index contributed by atoms with van der Waals surface area (Å²) in [6.07, 6.45) is 1.58. The first-order chi connectivity index (χ1) is 13.6. The molecule has 148 valence electrons. The number of nitrogens with zero attached hydrogens (tertiary/aromatic N) is 3. The highest BCUT2D eigenvalue weighted by Crippen LogP contribution is 2.24. The second-order valence-electron chi connectivity index (χ2n) is 7.50. The zero-order valence-electron chi connectivity index (χ0n) is 16.1. The molecule has 0 aliphatic carbocycles. The Morgan fingerprint density at radius 2 is 1.82 bits per heavy atom. The Bertz CT molecular complexity index is 962. The van der Waals surface area contributed by atoms with Gasteiger partial charge in [-0.2, -0.15) is 0 Å². The smallest absolute Gasteiger partial charge is 0.254 e. The van der Waals surface area contributed by atoms with E-state index in [1.54, 1.807) is 16.5 Å². The summed E-state index contributed by atoms with van der Waals surface area (Å²) in [6.45, 7) is 3.37. The van der Waals surface area contributed by atoms with Crippen LogP contribution < -0.4 is 5.56 Å². The lowest BCUT2D eigenvalue weighted by Gasteiger charge is -2.36. The molecule has 0 bridgehead atoms. The van der Waals surface area contributed by atoms with E-state index in [1.165, 1.54) is 6.07 Å². The van der Waals surface area contributed by atoms with Crippen molar-refractivity contribution in [2.24, 2.45) is 13.0 Å². The van der Waals surface area contributed by atoms with Crippen LogP contribution >= 0.6 is 0 Å². The first-order valence-electron chi connectivity index (χ1n) is 9.81. The van der Waals surface area contributed by atoms with E-state index in [0.29, 0.717) is 45.0 Å². The van der Waals surface area contributed by atoms with Gasteiger partial charge >= 0.3 is 0 Å². The molecule has 0 saturated carbocycles. The predicted molar refractivity (Wildman–Crippen MR) is 105 cm³/mol. The number of carbonyl (C=O) groups excluding carboxylic acids is 2. The van der Waals surface area contributed by atoms with Crippen LogP contribution in [0.3, 0.4) is 0 Å². The van der Waals surface area contributed by atoms with Crippen molar-refractivity contribution in [2.75, 3.05) is 39.4 Å². The largest absolute Gasteiger partial charge is 0.378 e. The molecular formula is C21H25N3O4. The van der Waals surface area contributed by atoms with E-state index in [1.807, 2.05) is 29.2 Å². The Morgan fingerprint density at radius 3 is 2.61 bits per heavy atom. The van der Waals surface area contributed by atoms with Gasteiger partial charge in [-0.3, -0.25) is 14.4 Å². The van der Waals surface area contributed by atoms with Crippen LogP contribution in [-0.4, -0.2) is 65.6 Å². The van der Waals surface area contributed by atoms with Crippen LogP contribution in [-0.2, 0) is 16.6 Å². The number of pyridine rings is 1. The average Bonchev–Trinajstić information content (AvgIpc) is 2.76. The lowest BCUT2D eigenvalue weighted by atomic mass is 9.95. The second-order valence-corrected chi connectivity index (χ2v) is 7.50. The molecule has 0 spiro atoms. The maximum Gasteiger partial charge on any atom is 0.254 e. The van der Waals surface area contributed by atoms with Crippen LogP contribution in [0.15, 0.2) is 35.1 Å². The molecule has 2 aliphatic heterocycles. The molecule has 2 aromatic rings. The predicted octanol–water partition coefficient (Wildman–Crippen LogP) is 1.25. The molecule has 1 aromatic heterocycles. The first kappa shape index (κ1) is 18.7. The van der Waals surface area contributed by atoms with Crippen molar-refractivity contribution in [3.05, 3.63) is 46.2 Å². The number of morpholine rings is 1. The molecule has 2 aliphatic rings. The summed E-state index contributed by atoms with van der Waals surface area (Å²) in [6, 6.07) is 8.84. The zero-order chi connectivity index (χ0) is 19.7. The second kappa shape index (κ2) is 7.75. The van der Waals surface area contributed by atoms with E-state index in [4.69, 9.17) is 4.74 Å². The number of carbonyl (C=O) groups is 2. The lowest BCUT2D eigenvalue weighted by Crippen LogP contribution is -2.49. The number of likely N-dealkylation sites (tertiary alicyclic amines) is 1. The summed E-state index contributed by atoms with van der Waals surface area (Å²) in [4.78, 5) is 42.0. The topological polar surface area (TPSA) is 71.9 Å². The molecule has 28 heavy (non-hydrogen) atoms. The molecule has 1 atom stereocenters. The minimum absolute atomic E-state index is 0.106. The number of rotatable bonds is 2. The van der Waals surface area contributed by atoms with E-state index in [2.05, 4.69) is 0 Å². The Kier molecular flexibility index (Phi) is 5.17. The summed E-state index contributed by atoms with van der Waals surface area (Å²) < 4.78 is 6.87. The molecule has 2 amide bonds. The molecule has 1 aromatic carbocycles. The van der Waals surface area contributed by atoms with E-state index >= 15 is 0 Å². The maximum absolute atomic E-state index is 13.3. The van der Waals surface area contributed by atoms with E-state index < -0.39 is 0 Å². The van der Waals surface area contributed by atoms with E-state index in [0.717, 1.165) is 23.7 Å². The molecule has 0 N–H and O–H groups in total. The summed E-state index contributed by atoms with van der Waals surface area (Å²) in [5.41, 5.74) is 0.939. The fourth-order valence-electron chi connectivity index (χ4n) is 4.16. The van der Waals surface area contributed by atoms with Crippen molar-refractivity contribution in [2.45, 2.75) is 12.8 Å². The number of fused-ring (bicyclic) bond motifs is 1. The number of para-hydroxylation sites is 1. The Hall–Kier alpha value is -2.67. The molecule has 2 saturated heterocycles. The SMILES string of the molecule is Cn1c(=O)cc(C(=O)N2CCCC(C(=O)N3CCOCC3)C2)c2ccccc21. The van der Waals surface area contributed by atoms with Crippen molar-refractivity contribution >= 4 is 22.7 Å². The average molecular weight is 383 g/mol. The number of benzene rings is 1. The lowest BCUT2D eigenvalue weighted by molar-refractivity contribution is -0.141. The molecule has 0 radical (unpaired) electrons. The van der Waals surface area contributed by atoms with Crippen LogP contribution in [0.1, 0.15) is 23.2 Å². The van der Waals surface area contributed by atoms with Gasteiger partial charge in [-0.15, -0.1) is 0 Å². The number of piperidine rings is 1. The van der Waals surface area contributed by atoms with E-state index in [9.17, 15) is 14.4 Å². The van der Waals surface area contributed by atoms with Gasteiger partial charge in [0.25, 0.3) is 11.5 Å². The van der Waals surface area contributed by atoms with Crippen molar-refractivity contribution in [3.63, 3.8) is 0 Å².